The summed E-state index contributed by atoms with van der Waals surface area (Å²) in [7, 11) is 3.86. The van der Waals surface area contributed by atoms with Gasteiger partial charge in [0.15, 0.2) is 11.5 Å². The highest BCUT2D eigenvalue weighted by atomic mass is 16.1. The first-order chi connectivity index (χ1) is 12.0. The number of nitrogen functional groups attached to an aromatic ring is 1. The van der Waals surface area contributed by atoms with Crippen molar-refractivity contribution in [2.24, 2.45) is 0 Å². The number of hydrogen-bond donors (Lipinski definition) is 2. The molecule has 1 aromatic carbocycles. The van der Waals surface area contributed by atoms with Crippen LogP contribution in [0.25, 0.3) is 11.3 Å². The minimum absolute atomic E-state index is 0.0777. The number of benzene rings is 1. The molecule has 25 heavy (non-hydrogen) atoms. The van der Waals surface area contributed by atoms with Crippen LogP contribution in [0.15, 0.2) is 55.0 Å². The molecule has 1 amide bonds. The van der Waals surface area contributed by atoms with Gasteiger partial charge in [-0.2, -0.15) is 0 Å². The molecule has 0 unspecified atom stereocenters. The van der Waals surface area contributed by atoms with Crippen LogP contribution in [0, 0.1) is 0 Å². The molecule has 0 radical (unpaired) electrons. The van der Waals surface area contributed by atoms with E-state index in [2.05, 4.69) is 20.3 Å². The zero-order valence-electron chi connectivity index (χ0n) is 14.0. The third-order valence-corrected chi connectivity index (χ3v) is 3.59. The number of nitrogens with one attached hydrogen (secondary N) is 1. The predicted octanol–water partition coefficient (Wildman–Crippen LogP) is 2.44. The maximum absolute atomic E-state index is 12.6. The van der Waals surface area contributed by atoms with Crippen LogP contribution in [0.2, 0.25) is 0 Å². The number of anilines is 3. The standard InChI is InChI=1S/C18H18N6O/c1-24(2)14-7-3-6-13(9-14)22-18(25)16-17(19)21-11-15(23-16)12-5-4-8-20-10-12/h3-11H,1-2H3,(H2,19,21)(H,22,25). The first kappa shape index (κ1) is 16.4. The minimum atomic E-state index is -0.411. The number of nitrogens with two attached hydrogens (primary N) is 1. The second-order valence-electron chi connectivity index (χ2n) is 5.63. The zero-order valence-corrected chi connectivity index (χ0v) is 14.0. The number of amides is 1. The van der Waals surface area contributed by atoms with E-state index in [0.29, 0.717) is 11.4 Å². The van der Waals surface area contributed by atoms with Gasteiger partial charge in [0, 0.05) is 43.4 Å². The molecule has 126 valence electrons. The lowest BCUT2D eigenvalue weighted by Crippen LogP contribution is -2.17. The number of hydrogen-bond acceptors (Lipinski definition) is 6. The van der Waals surface area contributed by atoms with E-state index in [1.165, 1.54) is 6.20 Å². The minimum Gasteiger partial charge on any atom is -0.382 e. The van der Waals surface area contributed by atoms with Crippen molar-refractivity contribution in [1.29, 1.82) is 0 Å². The van der Waals surface area contributed by atoms with Gasteiger partial charge >= 0.3 is 0 Å². The van der Waals surface area contributed by atoms with Crippen molar-refractivity contribution in [2.75, 3.05) is 30.0 Å². The Bertz CT molecular complexity index is 895. The summed E-state index contributed by atoms with van der Waals surface area (Å²) in [6.07, 6.45) is 4.85. The number of pyridine rings is 1. The summed E-state index contributed by atoms with van der Waals surface area (Å²) >= 11 is 0. The van der Waals surface area contributed by atoms with Crippen LogP contribution in [0.3, 0.4) is 0 Å². The summed E-state index contributed by atoms with van der Waals surface area (Å²) in [5.41, 5.74) is 8.85. The molecule has 2 aromatic heterocycles. The largest absolute Gasteiger partial charge is 0.382 e. The maximum atomic E-state index is 12.6. The van der Waals surface area contributed by atoms with E-state index in [4.69, 9.17) is 5.73 Å². The highest BCUT2D eigenvalue weighted by Crippen LogP contribution is 2.20. The number of carbonyl (C=O) groups excluding carboxylic acids is 1. The molecule has 0 aliphatic carbocycles. The van der Waals surface area contributed by atoms with E-state index in [1.807, 2.05) is 43.3 Å². The third kappa shape index (κ3) is 3.72. The fourth-order valence-corrected chi connectivity index (χ4v) is 2.27. The Hall–Kier alpha value is -3.48. The molecule has 0 spiro atoms. The van der Waals surface area contributed by atoms with Crippen LogP contribution >= 0.6 is 0 Å². The van der Waals surface area contributed by atoms with Gasteiger partial charge < -0.3 is 16.0 Å². The summed E-state index contributed by atoms with van der Waals surface area (Å²) < 4.78 is 0. The molecular formula is C18H18N6O. The lowest BCUT2D eigenvalue weighted by molar-refractivity contribution is 0.102. The molecule has 0 aliphatic heterocycles. The molecule has 0 fully saturated rings. The SMILES string of the molecule is CN(C)c1cccc(NC(=O)c2nc(-c3cccnc3)cnc2N)c1. The van der Waals surface area contributed by atoms with Crippen molar-refractivity contribution in [3.8, 4) is 11.3 Å². The molecule has 0 bridgehead atoms. The van der Waals surface area contributed by atoms with Crippen molar-refractivity contribution in [2.45, 2.75) is 0 Å². The summed E-state index contributed by atoms with van der Waals surface area (Å²) in [5.74, 6) is -0.333. The van der Waals surface area contributed by atoms with E-state index in [1.54, 1.807) is 24.5 Å². The van der Waals surface area contributed by atoms with Gasteiger partial charge in [-0.1, -0.05) is 6.07 Å². The average molecular weight is 334 g/mol. The first-order valence-corrected chi connectivity index (χ1v) is 7.66. The van der Waals surface area contributed by atoms with Crippen molar-refractivity contribution < 1.29 is 4.79 Å². The summed E-state index contributed by atoms with van der Waals surface area (Å²) in [4.78, 5) is 27.0. The Morgan fingerprint density at radius 1 is 1.16 bits per heavy atom. The first-order valence-electron chi connectivity index (χ1n) is 7.66. The van der Waals surface area contributed by atoms with Crippen LogP contribution in [0.4, 0.5) is 17.2 Å². The van der Waals surface area contributed by atoms with Crippen molar-refractivity contribution in [3.05, 3.63) is 60.7 Å². The highest BCUT2D eigenvalue weighted by molar-refractivity contribution is 6.06. The van der Waals surface area contributed by atoms with Gasteiger partial charge in [-0.15, -0.1) is 0 Å². The molecule has 3 aromatic rings. The maximum Gasteiger partial charge on any atom is 0.278 e. The monoisotopic (exact) mass is 334 g/mol. The van der Waals surface area contributed by atoms with Gasteiger partial charge in [0.1, 0.15) is 0 Å². The third-order valence-electron chi connectivity index (χ3n) is 3.59. The van der Waals surface area contributed by atoms with Crippen LogP contribution < -0.4 is 16.0 Å². The quantitative estimate of drug-likeness (QED) is 0.760. The molecule has 0 saturated carbocycles. The van der Waals surface area contributed by atoms with E-state index >= 15 is 0 Å². The van der Waals surface area contributed by atoms with Crippen LogP contribution in [0.1, 0.15) is 10.5 Å². The fraction of sp³-hybridized carbons (Fsp3) is 0.111. The second kappa shape index (κ2) is 6.96. The molecular weight excluding hydrogens is 316 g/mol. The van der Waals surface area contributed by atoms with Gasteiger partial charge in [0.2, 0.25) is 0 Å². The smallest absolute Gasteiger partial charge is 0.278 e. The molecule has 0 atom stereocenters. The molecule has 0 aliphatic rings. The summed E-state index contributed by atoms with van der Waals surface area (Å²) in [6, 6.07) is 11.1. The second-order valence-corrected chi connectivity index (χ2v) is 5.63. The predicted molar refractivity (Wildman–Crippen MR) is 98.4 cm³/mol. The molecule has 2 heterocycles. The van der Waals surface area contributed by atoms with E-state index in [-0.39, 0.29) is 11.5 Å². The average Bonchev–Trinajstić information content (AvgIpc) is 2.63. The molecule has 3 N–H and O–H groups in total. The Kier molecular flexibility index (Phi) is 4.56. The van der Waals surface area contributed by atoms with Crippen molar-refractivity contribution in [3.63, 3.8) is 0 Å². The molecule has 0 saturated heterocycles. The zero-order chi connectivity index (χ0) is 17.8. The summed E-state index contributed by atoms with van der Waals surface area (Å²) in [6.45, 7) is 0. The Morgan fingerprint density at radius 3 is 2.72 bits per heavy atom. The summed E-state index contributed by atoms with van der Waals surface area (Å²) in [5, 5.41) is 2.81. The number of rotatable bonds is 4. The fourth-order valence-electron chi connectivity index (χ4n) is 2.27. The molecule has 7 nitrogen and oxygen atoms in total. The Labute approximate surface area is 145 Å². The van der Waals surface area contributed by atoms with Crippen LogP contribution in [-0.4, -0.2) is 35.0 Å². The lowest BCUT2D eigenvalue weighted by atomic mass is 10.2. The molecule has 3 rings (SSSR count). The van der Waals surface area contributed by atoms with Crippen molar-refractivity contribution >= 4 is 23.1 Å². The topological polar surface area (TPSA) is 97.0 Å². The van der Waals surface area contributed by atoms with Crippen LogP contribution in [0.5, 0.6) is 0 Å². The van der Waals surface area contributed by atoms with Crippen molar-refractivity contribution in [1.82, 2.24) is 15.0 Å². The van der Waals surface area contributed by atoms with Gasteiger partial charge in [0.05, 0.1) is 11.9 Å². The van der Waals surface area contributed by atoms with E-state index < -0.39 is 5.91 Å². The van der Waals surface area contributed by atoms with Gasteiger partial charge in [-0.05, 0) is 30.3 Å². The Morgan fingerprint density at radius 2 is 2.00 bits per heavy atom. The highest BCUT2D eigenvalue weighted by Gasteiger charge is 2.15. The van der Waals surface area contributed by atoms with E-state index in [9.17, 15) is 4.79 Å². The lowest BCUT2D eigenvalue weighted by Gasteiger charge is -2.14. The van der Waals surface area contributed by atoms with Gasteiger partial charge in [0.25, 0.3) is 5.91 Å². The molecule has 7 heteroatoms. The van der Waals surface area contributed by atoms with Gasteiger partial charge in [-0.25, -0.2) is 9.97 Å². The van der Waals surface area contributed by atoms with Gasteiger partial charge in [-0.3, -0.25) is 9.78 Å². The van der Waals surface area contributed by atoms with E-state index in [0.717, 1.165) is 11.3 Å². The number of carbonyl (C=O) groups is 1. The number of aromatic nitrogens is 3. The normalized spacial score (nSPS) is 10.3. The Balaban J connectivity index is 1.88. The number of nitrogens with zero attached hydrogens (tertiary/aromatic N) is 4. The van der Waals surface area contributed by atoms with Crippen LogP contribution in [-0.2, 0) is 0 Å².